The second-order valence-electron chi connectivity index (χ2n) is 5.75. The summed E-state index contributed by atoms with van der Waals surface area (Å²) in [7, 11) is 0. The molecule has 0 radical (unpaired) electrons. The van der Waals surface area contributed by atoms with Gasteiger partial charge in [0.05, 0.1) is 5.69 Å². The molecule has 2 rings (SSSR count). The first-order chi connectivity index (χ1) is 9.03. The summed E-state index contributed by atoms with van der Waals surface area (Å²) in [6, 6.07) is 5.67. The fraction of sp³-hybridized carbons (Fsp3) is 0.625. The lowest BCUT2D eigenvalue weighted by atomic mass is 9.88. The molecule has 1 fully saturated rings. The number of halogens is 1. The Morgan fingerprint density at radius 3 is 2.63 bits per heavy atom. The van der Waals surface area contributed by atoms with Crippen LogP contribution in [0.15, 0.2) is 18.2 Å². The van der Waals surface area contributed by atoms with Crippen LogP contribution in [0.4, 0.5) is 10.1 Å². The highest BCUT2D eigenvalue weighted by molar-refractivity contribution is 5.56. The molecule has 19 heavy (non-hydrogen) atoms. The number of para-hydroxylation sites is 1. The van der Waals surface area contributed by atoms with Crippen LogP contribution in [-0.4, -0.2) is 24.7 Å². The number of rotatable bonds is 3. The van der Waals surface area contributed by atoms with Crippen LogP contribution < -0.4 is 10.2 Å². The minimum absolute atomic E-state index is 0.102. The molecule has 1 unspecified atom stereocenters. The molecule has 1 N–H and O–H groups in total. The number of hydrogen-bond donors (Lipinski definition) is 1. The number of nitrogens with zero attached hydrogens (tertiary/aromatic N) is 1. The van der Waals surface area contributed by atoms with Crippen molar-refractivity contribution >= 4 is 5.69 Å². The van der Waals surface area contributed by atoms with Gasteiger partial charge in [0.2, 0.25) is 0 Å². The molecular weight excluding hydrogens is 239 g/mol. The minimum Gasteiger partial charge on any atom is -0.363 e. The Balaban J connectivity index is 2.36. The summed E-state index contributed by atoms with van der Waals surface area (Å²) in [5.74, 6) is -0.102. The van der Waals surface area contributed by atoms with Crippen molar-refractivity contribution in [3.8, 4) is 0 Å². The van der Waals surface area contributed by atoms with Crippen molar-refractivity contribution < 1.29 is 4.39 Å². The topological polar surface area (TPSA) is 15.3 Å². The van der Waals surface area contributed by atoms with Crippen molar-refractivity contribution in [1.29, 1.82) is 0 Å². The lowest BCUT2D eigenvalue weighted by molar-refractivity contribution is 0.252. The summed E-state index contributed by atoms with van der Waals surface area (Å²) in [5.41, 5.74) is 1.92. The zero-order valence-electron chi connectivity index (χ0n) is 12.5. The Morgan fingerprint density at radius 1 is 1.37 bits per heavy atom. The molecule has 0 saturated carbocycles. The van der Waals surface area contributed by atoms with Crippen molar-refractivity contribution in [2.75, 3.05) is 18.0 Å². The van der Waals surface area contributed by atoms with Crippen molar-refractivity contribution in [3.05, 3.63) is 29.6 Å². The van der Waals surface area contributed by atoms with Gasteiger partial charge < -0.3 is 10.2 Å². The second kappa shape index (κ2) is 5.49. The van der Waals surface area contributed by atoms with Crippen molar-refractivity contribution in [1.82, 2.24) is 5.32 Å². The van der Waals surface area contributed by atoms with Crippen LogP contribution in [-0.2, 0) is 0 Å². The average molecular weight is 264 g/mol. The molecule has 2 nitrogen and oxygen atoms in total. The van der Waals surface area contributed by atoms with Gasteiger partial charge >= 0.3 is 0 Å². The zero-order valence-corrected chi connectivity index (χ0v) is 12.5. The van der Waals surface area contributed by atoms with Crippen LogP contribution in [0.3, 0.4) is 0 Å². The second-order valence-corrected chi connectivity index (χ2v) is 5.75. The quantitative estimate of drug-likeness (QED) is 0.899. The largest absolute Gasteiger partial charge is 0.363 e. The Labute approximate surface area is 116 Å². The zero-order chi connectivity index (χ0) is 14.0. The Hall–Kier alpha value is -1.09. The molecule has 0 amide bonds. The Morgan fingerprint density at radius 2 is 2.05 bits per heavy atom. The molecule has 1 heterocycles. The van der Waals surface area contributed by atoms with Gasteiger partial charge in [0.1, 0.15) is 5.82 Å². The van der Waals surface area contributed by atoms with E-state index in [2.05, 4.69) is 31.0 Å². The maximum absolute atomic E-state index is 14.2. The molecular formula is C16H25FN2. The Kier molecular flexibility index (Phi) is 4.14. The molecule has 0 bridgehead atoms. The van der Waals surface area contributed by atoms with Crippen LogP contribution in [0.2, 0.25) is 0 Å². The summed E-state index contributed by atoms with van der Waals surface area (Å²) in [6.07, 6.45) is 2.14. The normalized spacial score (nSPS) is 22.6. The number of hydrogen-bond acceptors (Lipinski definition) is 2. The van der Waals surface area contributed by atoms with Gasteiger partial charge in [-0.2, -0.15) is 0 Å². The van der Waals surface area contributed by atoms with E-state index in [0.717, 1.165) is 37.2 Å². The third-order valence-electron chi connectivity index (χ3n) is 4.61. The van der Waals surface area contributed by atoms with Gasteiger partial charge in [0.15, 0.2) is 0 Å². The molecule has 1 aliphatic heterocycles. The summed E-state index contributed by atoms with van der Waals surface area (Å²) >= 11 is 0. The van der Waals surface area contributed by atoms with Crippen LogP contribution in [0.25, 0.3) is 0 Å². The lowest BCUT2D eigenvalue weighted by Gasteiger charge is -2.48. The Bertz CT molecular complexity index is 420. The molecule has 1 atom stereocenters. The van der Waals surface area contributed by atoms with Gasteiger partial charge in [-0.05, 0) is 38.3 Å². The number of piperazine rings is 1. The monoisotopic (exact) mass is 264 g/mol. The van der Waals surface area contributed by atoms with Crippen LogP contribution in [0.5, 0.6) is 0 Å². The standard InChI is InChI=1S/C16H25FN2/c1-5-16(6-2)11-19(13(4)10-18-16)15-12(3)8-7-9-14(15)17/h7-9,13,18H,5-6,10-11H2,1-4H3. The fourth-order valence-electron chi connectivity index (χ4n) is 3.02. The molecule has 1 aromatic carbocycles. The van der Waals surface area contributed by atoms with Gasteiger partial charge in [-0.1, -0.05) is 26.0 Å². The minimum atomic E-state index is -0.102. The molecule has 3 heteroatoms. The number of benzene rings is 1. The highest BCUT2D eigenvalue weighted by Gasteiger charge is 2.36. The predicted octanol–water partition coefficient (Wildman–Crippen LogP) is 3.49. The number of anilines is 1. The third kappa shape index (κ3) is 2.62. The van der Waals surface area contributed by atoms with E-state index < -0.39 is 0 Å². The number of nitrogens with one attached hydrogen (secondary N) is 1. The first-order valence-corrected chi connectivity index (χ1v) is 7.30. The van der Waals surface area contributed by atoms with Crippen molar-refractivity contribution in [2.24, 2.45) is 0 Å². The molecule has 0 aromatic heterocycles. The van der Waals surface area contributed by atoms with Crippen LogP contribution >= 0.6 is 0 Å². The summed E-state index contributed by atoms with van der Waals surface area (Å²) in [4.78, 5) is 2.24. The van der Waals surface area contributed by atoms with E-state index in [1.165, 1.54) is 0 Å². The third-order valence-corrected chi connectivity index (χ3v) is 4.61. The SMILES string of the molecule is CCC1(CC)CN(c2c(C)cccc2F)C(C)CN1. The van der Waals surface area contributed by atoms with Gasteiger partial charge in [-0.25, -0.2) is 4.39 Å². The molecule has 0 spiro atoms. The smallest absolute Gasteiger partial charge is 0.146 e. The van der Waals surface area contributed by atoms with Crippen LogP contribution in [0, 0.1) is 12.7 Å². The number of aryl methyl sites for hydroxylation is 1. The van der Waals surface area contributed by atoms with Gasteiger partial charge in [0.25, 0.3) is 0 Å². The summed E-state index contributed by atoms with van der Waals surface area (Å²) in [5, 5.41) is 3.66. The van der Waals surface area contributed by atoms with E-state index in [1.807, 2.05) is 13.0 Å². The molecule has 106 valence electrons. The van der Waals surface area contributed by atoms with Crippen LogP contribution in [0.1, 0.15) is 39.2 Å². The van der Waals surface area contributed by atoms with Gasteiger partial charge in [-0.3, -0.25) is 0 Å². The maximum Gasteiger partial charge on any atom is 0.146 e. The summed E-state index contributed by atoms with van der Waals surface area (Å²) < 4.78 is 14.2. The van der Waals surface area contributed by atoms with Gasteiger partial charge in [-0.15, -0.1) is 0 Å². The fourth-order valence-corrected chi connectivity index (χ4v) is 3.02. The van der Waals surface area contributed by atoms with E-state index in [9.17, 15) is 4.39 Å². The van der Waals surface area contributed by atoms with E-state index in [4.69, 9.17) is 0 Å². The highest BCUT2D eigenvalue weighted by Crippen LogP contribution is 2.31. The van der Waals surface area contributed by atoms with E-state index in [-0.39, 0.29) is 11.4 Å². The first kappa shape index (κ1) is 14.3. The maximum atomic E-state index is 14.2. The van der Waals surface area contributed by atoms with Crippen molar-refractivity contribution in [3.63, 3.8) is 0 Å². The predicted molar refractivity (Wildman–Crippen MR) is 79.3 cm³/mol. The first-order valence-electron chi connectivity index (χ1n) is 7.30. The lowest BCUT2D eigenvalue weighted by Crippen LogP contribution is -2.63. The van der Waals surface area contributed by atoms with E-state index >= 15 is 0 Å². The average Bonchev–Trinajstić information content (AvgIpc) is 2.41. The van der Waals surface area contributed by atoms with Gasteiger partial charge in [0, 0.05) is 24.7 Å². The molecule has 1 aliphatic rings. The molecule has 1 saturated heterocycles. The highest BCUT2D eigenvalue weighted by atomic mass is 19.1. The van der Waals surface area contributed by atoms with E-state index in [0.29, 0.717) is 6.04 Å². The molecule has 1 aromatic rings. The molecule has 0 aliphatic carbocycles. The van der Waals surface area contributed by atoms with Crippen molar-refractivity contribution in [2.45, 2.75) is 52.1 Å². The van der Waals surface area contributed by atoms with E-state index in [1.54, 1.807) is 12.1 Å². The summed E-state index contributed by atoms with van der Waals surface area (Å²) in [6.45, 7) is 10.4.